The molecule has 27 heavy (non-hydrogen) atoms. The molecule has 2 aromatic rings. The lowest BCUT2D eigenvalue weighted by molar-refractivity contribution is -0.148. The summed E-state index contributed by atoms with van der Waals surface area (Å²) in [6, 6.07) is 4.59. The highest BCUT2D eigenvalue weighted by molar-refractivity contribution is 6.35. The van der Waals surface area contributed by atoms with Gasteiger partial charge in [-0.1, -0.05) is 23.2 Å². The first kappa shape index (κ1) is 21.0. The molecule has 0 radical (unpaired) electrons. The zero-order chi connectivity index (χ0) is 20.3. The van der Waals surface area contributed by atoms with Crippen molar-refractivity contribution in [1.29, 1.82) is 0 Å². The lowest BCUT2D eigenvalue weighted by Gasteiger charge is -2.13. The van der Waals surface area contributed by atoms with E-state index in [2.05, 4.69) is 4.98 Å². The molecule has 1 aromatic carbocycles. The highest BCUT2D eigenvalue weighted by atomic mass is 35.5. The summed E-state index contributed by atoms with van der Waals surface area (Å²) < 4.78 is 10.4. The number of aromatic amines is 1. The molecule has 0 amide bonds. The standard InChI is InChI=1S/C19H19Cl2NO5/c1-9-17(11(3)23)10(2)22-18(9)19(25)12(4)27-16(24)8-26-15-6-5-13(20)7-14(15)21/h5-7,12,22H,8H2,1-4H3/t12-/m1/s1. The number of esters is 1. The molecule has 144 valence electrons. The van der Waals surface area contributed by atoms with E-state index >= 15 is 0 Å². The summed E-state index contributed by atoms with van der Waals surface area (Å²) in [5.41, 5.74) is 1.86. The minimum atomic E-state index is -1.04. The number of carbonyl (C=O) groups is 3. The van der Waals surface area contributed by atoms with Gasteiger partial charge in [0.15, 0.2) is 18.5 Å². The van der Waals surface area contributed by atoms with E-state index in [1.165, 1.54) is 26.0 Å². The lowest BCUT2D eigenvalue weighted by atomic mass is 10.0. The van der Waals surface area contributed by atoms with Gasteiger partial charge in [-0.25, -0.2) is 4.79 Å². The molecule has 0 aliphatic carbocycles. The number of halogens is 2. The summed E-state index contributed by atoms with van der Waals surface area (Å²) in [4.78, 5) is 39.1. The first-order valence-corrected chi connectivity index (χ1v) is 8.89. The second-order valence-corrected chi connectivity index (χ2v) is 6.88. The van der Waals surface area contributed by atoms with E-state index < -0.39 is 24.5 Å². The van der Waals surface area contributed by atoms with Crippen molar-refractivity contribution >= 4 is 40.7 Å². The Hall–Kier alpha value is -2.31. The van der Waals surface area contributed by atoms with E-state index in [-0.39, 0.29) is 22.2 Å². The largest absolute Gasteiger partial charge is 0.480 e. The number of aryl methyl sites for hydroxylation is 1. The van der Waals surface area contributed by atoms with Crippen LogP contribution in [-0.4, -0.2) is 35.2 Å². The molecule has 6 nitrogen and oxygen atoms in total. The predicted octanol–water partition coefficient (Wildman–Crippen LogP) is 4.33. The van der Waals surface area contributed by atoms with Gasteiger partial charge in [0.05, 0.1) is 10.7 Å². The number of hydrogen-bond acceptors (Lipinski definition) is 5. The van der Waals surface area contributed by atoms with E-state index in [0.717, 1.165) is 0 Å². The number of nitrogens with one attached hydrogen (secondary N) is 1. The van der Waals surface area contributed by atoms with Gasteiger partial charge in [-0.3, -0.25) is 9.59 Å². The van der Waals surface area contributed by atoms with Gasteiger partial charge < -0.3 is 14.5 Å². The molecule has 1 aromatic heterocycles. The van der Waals surface area contributed by atoms with Crippen LogP contribution >= 0.6 is 23.2 Å². The van der Waals surface area contributed by atoms with Crippen molar-refractivity contribution < 1.29 is 23.9 Å². The van der Waals surface area contributed by atoms with Gasteiger partial charge in [0, 0.05) is 16.3 Å². The van der Waals surface area contributed by atoms with Gasteiger partial charge in [0.25, 0.3) is 0 Å². The number of carbonyl (C=O) groups excluding carboxylic acids is 3. The van der Waals surface area contributed by atoms with Crippen LogP contribution in [0.15, 0.2) is 18.2 Å². The number of ether oxygens (including phenoxy) is 2. The fourth-order valence-electron chi connectivity index (χ4n) is 2.74. The van der Waals surface area contributed by atoms with Crippen LogP contribution in [0.3, 0.4) is 0 Å². The average Bonchev–Trinajstić information content (AvgIpc) is 2.87. The predicted molar refractivity (Wildman–Crippen MR) is 102 cm³/mol. The van der Waals surface area contributed by atoms with E-state index in [1.807, 2.05) is 0 Å². The summed E-state index contributed by atoms with van der Waals surface area (Å²) in [7, 11) is 0. The number of aromatic nitrogens is 1. The summed E-state index contributed by atoms with van der Waals surface area (Å²) in [5, 5.41) is 0.698. The normalized spacial score (nSPS) is 11.8. The Morgan fingerprint density at radius 1 is 1.19 bits per heavy atom. The monoisotopic (exact) mass is 411 g/mol. The summed E-state index contributed by atoms with van der Waals surface area (Å²) >= 11 is 11.8. The maximum atomic E-state index is 12.6. The van der Waals surface area contributed by atoms with Crippen molar-refractivity contribution in [2.24, 2.45) is 0 Å². The fraction of sp³-hybridized carbons (Fsp3) is 0.316. The van der Waals surface area contributed by atoms with Crippen molar-refractivity contribution in [3.63, 3.8) is 0 Å². The Labute approximate surface area is 166 Å². The Morgan fingerprint density at radius 2 is 1.85 bits per heavy atom. The number of ketones is 2. The topological polar surface area (TPSA) is 85.5 Å². The molecule has 1 N–H and O–H groups in total. The van der Waals surface area contributed by atoms with Gasteiger partial charge in [-0.05, 0) is 51.5 Å². The van der Waals surface area contributed by atoms with Crippen LogP contribution in [-0.2, 0) is 9.53 Å². The van der Waals surface area contributed by atoms with Gasteiger partial charge in [0.1, 0.15) is 5.75 Å². The SMILES string of the molecule is CC(=O)c1c(C)[nH]c(C(=O)[C@@H](C)OC(=O)COc2ccc(Cl)cc2Cl)c1C. The third-order valence-corrected chi connectivity index (χ3v) is 4.48. The molecule has 1 heterocycles. The molecule has 1 atom stereocenters. The Kier molecular flexibility index (Phi) is 6.68. The molecule has 0 saturated carbocycles. The molecule has 0 aliphatic heterocycles. The molecule has 0 bridgehead atoms. The number of hydrogen-bond donors (Lipinski definition) is 1. The van der Waals surface area contributed by atoms with Crippen molar-refractivity contribution in [3.8, 4) is 5.75 Å². The van der Waals surface area contributed by atoms with E-state index in [9.17, 15) is 14.4 Å². The molecule has 8 heteroatoms. The molecular weight excluding hydrogens is 393 g/mol. The van der Waals surface area contributed by atoms with Crippen molar-refractivity contribution in [2.45, 2.75) is 33.8 Å². The Balaban J connectivity index is 2.01. The number of H-pyrrole nitrogens is 1. The van der Waals surface area contributed by atoms with Crippen LogP contribution in [0, 0.1) is 13.8 Å². The van der Waals surface area contributed by atoms with Crippen molar-refractivity contribution in [1.82, 2.24) is 4.98 Å². The van der Waals surface area contributed by atoms with E-state index in [0.29, 0.717) is 21.8 Å². The van der Waals surface area contributed by atoms with Crippen molar-refractivity contribution in [3.05, 3.63) is 50.8 Å². The second-order valence-electron chi connectivity index (χ2n) is 6.04. The second kappa shape index (κ2) is 8.59. The highest BCUT2D eigenvalue weighted by Crippen LogP contribution is 2.27. The number of benzene rings is 1. The quantitative estimate of drug-likeness (QED) is 0.540. The maximum Gasteiger partial charge on any atom is 0.344 e. The molecule has 0 spiro atoms. The maximum absolute atomic E-state index is 12.6. The Bertz CT molecular complexity index is 904. The molecule has 0 aliphatic rings. The number of rotatable bonds is 7. The van der Waals surface area contributed by atoms with Gasteiger partial charge in [-0.15, -0.1) is 0 Å². The van der Waals surface area contributed by atoms with Crippen LogP contribution in [0.4, 0.5) is 0 Å². The van der Waals surface area contributed by atoms with Crippen LogP contribution in [0.5, 0.6) is 5.75 Å². The molecule has 2 rings (SSSR count). The van der Waals surface area contributed by atoms with Crippen LogP contribution in [0.25, 0.3) is 0 Å². The van der Waals surface area contributed by atoms with Gasteiger partial charge in [0.2, 0.25) is 5.78 Å². The minimum Gasteiger partial charge on any atom is -0.480 e. The molecule has 0 unspecified atom stereocenters. The number of Topliss-reactive ketones (excluding diaryl/α,β-unsaturated/α-hetero) is 2. The summed E-state index contributed by atoms with van der Waals surface area (Å²) in [6.45, 7) is 5.85. The first-order chi connectivity index (χ1) is 12.6. The average molecular weight is 412 g/mol. The smallest absolute Gasteiger partial charge is 0.344 e. The highest BCUT2D eigenvalue weighted by Gasteiger charge is 2.26. The van der Waals surface area contributed by atoms with Gasteiger partial charge in [-0.2, -0.15) is 0 Å². The van der Waals surface area contributed by atoms with Crippen LogP contribution in [0.2, 0.25) is 10.0 Å². The van der Waals surface area contributed by atoms with Gasteiger partial charge >= 0.3 is 5.97 Å². The zero-order valence-corrected chi connectivity index (χ0v) is 16.8. The fourth-order valence-corrected chi connectivity index (χ4v) is 3.20. The van der Waals surface area contributed by atoms with Crippen LogP contribution < -0.4 is 4.74 Å². The molecule has 0 saturated heterocycles. The molecular formula is C19H19Cl2NO5. The van der Waals surface area contributed by atoms with Crippen LogP contribution in [0.1, 0.15) is 46.0 Å². The first-order valence-electron chi connectivity index (χ1n) is 8.13. The Morgan fingerprint density at radius 3 is 2.41 bits per heavy atom. The summed E-state index contributed by atoms with van der Waals surface area (Å²) in [6.07, 6.45) is -1.04. The third-order valence-electron chi connectivity index (χ3n) is 3.95. The van der Waals surface area contributed by atoms with Crippen molar-refractivity contribution in [2.75, 3.05) is 6.61 Å². The zero-order valence-electron chi connectivity index (χ0n) is 15.3. The summed E-state index contributed by atoms with van der Waals surface area (Å²) in [5.74, 6) is -1.02. The van der Waals surface area contributed by atoms with E-state index in [1.54, 1.807) is 19.9 Å². The molecule has 0 fully saturated rings. The third kappa shape index (κ3) is 4.90. The minimum absolute atomic E-state index is 0.141. The lowest BCUT2D eigenvalue weighted by Crippen LogP contribution is -2.28. The van der Waals surface area contributed by atoms with E-state index in [4.69, 9.17) is 32.7 Å².